The largest absolute Gasteiger partial charge is 0.392 e. The van der Waals surface area contributed by atoms with E-state index >= 15 is 0 Å². The molecular weight excluding hydrogens is 164 g/mol. The minimum Gasteiger partial charge on any atom is -0.392 e. The Morgan fingerprint density at radius 1 is 1.62 bits per heavy atom. The van der Waals surface area contributed by atoms with Crippen molar-refractivity contribution in [1.29, 1.82) is 0 Å². The van der Waals surface area contributed by atoms with E-state index in [1.54, 1.807) is 0 Å². The maximum atomic E-state index is 9.50. The molecule has 78 valence electrons. The molecule has 0 aromatic rings. The zero-order valence-electron chi connectivity index (χ0n) is 8.55. The van der Waals surface area contributed by atoms with Crippen LogP contribution in [0.15, 0.2) is 0 Å². The summed E-state index contributed by atoms with van der Waals surface area (Å²) in [4.78, 5) is 0. The van der Waals surface area contributed by atoms with Gasteiger partial charge in [0.1, 0.15) is 0 Å². The van der Waals surface area contributed by atoms with E-state index in [1.807, 2.05) is 0 Å². The third-order valence-corrected chi connectivity index (χ3v) is 2.56. The van der Waals surface area contributed by atoms with Crippen LogP contribution in [0.3, 0.4) is 0 Å². The lowest BCUT2D eigenvalue weighted by Gasteiger charge is -2.25. The fraction of sp³-hybridized carbons (Fsp3) is 1.00. The first-order chi connectivity index (χ1) is 6.33. The molecule has 1 heterocycles. The van der Waals surface area contributed by atoms with Crippen LogP contribution >= 0.6 is 0 Å². The Labute approximate surface area is 80.9 Å². The Morgan fingerprint density at radius 3 is 3.08 bits per heavy atom. The summed E-state index contributed by atoms with van der Waals surface area (Å²) >= 11 is 0. The van der Waals surface area contributed by atoms with Crippen LogP contribution in [0.25, 0.3) is 0 Å². The van der Waals surface area contributed by atoms with Crippen LogP contribution < -0.4 is 10.6 Å². The third-order valence-electron chi connectivity index (χ3n) is 2.56. The number of aliphatic hydroxyl groups excluding tert-OH is 1. The fourth-order valence-electron chi connectivity index (χ4n) is 1.76. The van der Waals surface area contributed by atoms with Crippen molar-refractivity contribution in [1.82, 2.24) is 10.6 Å². The molecular formula is C10H22N2O. The standard InChI is InChI=1S/C10H22N2O/c1-2-4-10(13)8-12-9-5-3-6-11-7-9/h9-13H,2-8H2,1H3. The zero-order valence-corrected chi connectivity index (χ0v) is 8.55. The highest BCUT2D eigenvalue weighted by Crippen LogP contribution is 2.02. The molecule has 3 nitrogen and oxygen atoms in total. The van der Waals surface area contributed by atoms with E-state index in [-0.39, 0.29) is 6.10 Å². The highest BCUT2D eigenvalue weighted by Gasteiger charge is 2.13. The monoisotopic (exact) mass is 186 g/mol. The lowest BCUT2D eigenvalue weighted by Crippen LogP contribution is -2.45. The molecule has 0 saturated carbocycles. The first-order valence-corrected chi connectivity index (χ1v) is 5.45. The van der Waals surface area contributed by atoms with Crippen LogP contribution in [0.2, 0.25) is 0 Å². The summed E-state index contributed by atoms with van der Waals surface area (Å²) in [5, 5.41) is 16.2. The summed E-state index contributed by atoms with van der Waals surface area (Å²) in [5.74, 6) is 0. The molecule has 1 rings (SSSR count). The molecule has 0 radical (unpaired) electrons. The van der Waals surface area contributed by atoms with Crippen molar-refractivity contribution >= 4 is 0 Å². The van der Waals surface area contributed by atoms with E-state index in [1.165, 1.54) is 12.8 Å². The molecule has 3 N–H and O–H groups in total. The van der Waals surface area contributed by atoms with Crippen LogP contribution in [-0.2, 0) is 0 Å². The smallest absolute Gasteiger partial charge is 0.0664 e. The quantitative estimate of drug-likeness (QED) is 0.585. The Morgan fingerprint density at radius 2 is 2.46 bits per heavy atom. The summed E-state index contributed by atoms with van der Waals surface area (Å²) < 4.78 is 0. The van der Waals surface area contributed by atoms with E-state index < -0.39 is 0 Å². The average molecular weight is 186 g/mol. The Balaban J connectivity index is 2.03. The summed E-state index contributed by atoms with van der Waals surface area (Å²) in [5.41, 5.74) is 0. The summed E-state index contributed by atoms with van der Waals surface area (Å²) in [6.45, 7) is 5.06. The molecule has 2 unspecified atom stereocenters. The molecule has 1 fully saturated rings. The van der Waals surface area contributed by atoms with E-state index in [0.717, 1.165) is 32.5 Å². The van der Waals surface area contributed by atoms with Crippen molar-refractivity contribution in [3.63, 3.8) is 0 Å². The highest BCUT2D eigenvalue weighted by atomic mass is 16.3. The maximum absolute atomic E-state index is 9.50. The molecule has 0 aromatic heterocycles. The van der Waals surface area contributed by atoms with E-state index in [2.05, 4.69) is 17.6 Å². The van der Waals surface area contributed by atoms with Gasteiger partial charge < -0.3 is 15.7 Å². The van der Waals surface area contributed by atoms with Crippen molar-refractivity contribution in [2.24, 2.45) is 0 Å². The SMILES string of the molecule is CCCC(O)CNC1CCCNC1. The molecule has 13 heavy (non-hydrogen) atoms. The van der Waals surface area contributed by atoms with Crippen LogP contribution in [0.4, 0.5) is 0 Å². The summed E-state index contributed by atoms with van der Waals surface area (Å²) in [6.07, 6.45) is 4.30. The molecule has 0 aromatic carbocycles. The summed E-state index contributed by atoms with van der Waals surface area (Å²) in [6, 6.07) is 0.570. The topological polar surface area (TPSA) is 44.3 Å². The van der Waals surface area contributed by atoms with Gasteiger partial charge in [-0.05, 0) is 25.8 Å². The number of nitrogens with one attached hydrogen (secondary N) is 2. The Kier molecular flexibility index (Phi) is 5.35. The van der Waals surface area contributed by atoms with Gasteiger partial charge >= 0.3 is 0 Å². The Bertz CT molecular complexity index is 124. The van der Waals surface area contributed by atoms with E-state index in [4.69, 9.17) is 0 Å². The number of piperidine rings is 1. The van der Waals surface area contributed by atoms with E-state index in [9.17, 15) is 5.11 Å². The number of aliphatic hydroxyl groups is 1. The van der Waals surface area contributed by atoms with Crippen LogP contribution in [0.1, 0.15) is 32.6 Å². The van der Waals surface area contributed by atoms with Crippen molar-refractivity contribution in [2.75, 3.05) is 19.6 Å². The van der Waals surface area contributed by atoms with Gasteiger partial charge in [0, 0.05) is 19.1 Å². The second-order valence-electron chi connectivity index (χ2n) is 3.89. The normalized spacial score (nSPS) is 25.8. The van der Waals surface area contributed by atoms with Gasteiger partial charge in [-0.3, -0.25) is 0 Å². The van der Waals surface area contributed by atoms with Gasteiger partial charge in [0.2, 0.25) is 0 Å². The summed E-state index contributed by atoms with van der Waals surface area (Å²) in [7, 11) is 0. The molecule has 0 amide bonds. The fourth-order valence-corrected chi connectivity index (χ4v) is 1.76. The van der Waals surface area contributed by atoms with Crippen molar-refractivity contribution in [2.45, 2.75) is 44.8 Å². The van der Waals surface area contributed by atoms with Gasteiger partial charge in [-0.15, -0.1) is 0 Å². The number of rotatable bonds is 5. The van der Waals surface area contributed by atoms with Gasteiger partial charge in [0.15, 0.2) is 0 Å². The molecule has 1 aliphatic rings. The first-order valence-electron chi connectivity index (χ1n) is 5.45. The lowest BCUT2D eigenvalue weighted by atomic mass is 10.1. The molecule has 0 aliphatic carbocycles. The maximum Gasteiger partial charge on any atom is 0.0664 e. The highest BCUT2D eigenvalue weighted by molar-refractivity contribution is 4.75. The van der Waals surface area contributed by atoms with Gasteiger partial charge in [-0.1, -0.05) is 13.3 Å². The van der Waals surface area contributed by atoms with Gasteiger partial charge in [0.05, 0.1) is 6.10 Å². The van der Waals surface area contributed by atoms with Crippen molar-refractivity contribution in [3.8, 4) is 0 Å². The molecule has 1 aliphatic heterocycles. The number of hydrogen-bond acceptors (Lipinski definition) is 3. The van der Waals surface area contributed by atoms with Gasteiger partial charge in [-0.2, -0.15) is 0 Å². The minimum atomic E-state index is -0.160. The number of hydrogen-bond donors (Lipinski definition) is 3. The molecule has 0 spiro atoms. The van der Waals surface area contributed by atoms with Crippen molar-refractivity contribution < 1.29 is 5.11 Å². The predicted octanol–water partition coefficient (Wildman–Crippen LogP) is 0.489. The third kappa shape index (κ3) is 4.60. The van der Waals surface area contributed by atoms with Crippen LogP contribution in [0, 0.1) is 0 Å². The molecule has 3 heteroatoms. The Hall–Kier alpha value is -0.120. The van der Waals surface area contributed by atoms with E-state index in [0.29, 0.717) is 6.04 Å². The molecule has 1 saturated heterocycles. The second-order valence-corrected chi connectivity index (χ2v) is 3.89. The van der Waals surface area contributed by atoms with Crippen molar-refractivity contribution in [3.05, 3.63) is 0 Å². The average Bonchev–Trinajstić information content (AvgIpc) is 2.17. The minimum absolute atomic E-state index is 0.160. The molecule has 2 atom stereocenters. The van der Waals surface area contributed by atoms with Gasteiger partial charge in [-0.25, -0.2) is 0 Å². The lowest BCUT2D eigenvalue weighted by molar-refractivity contribution is 0.154. The zero-order chi connectivity index (χ0) is 9.52. The predicted molar refractivity (Wildman–Crippen MR) is 54.8 cm³/mol. The van der Waals surface area contributed by atoms with Crippen LogP contribution in [-0.4, -0.2) is 36.9 Å². The van der Waals surface area contributed by atoms with Crippen LogP contribution in [0.5, 0.6) is 0 Å². The second kappa shape index (κ2) is 6.35. The molecule has 0 bridgehead atoms. The first kappa shape index (κ1) is 11.0. The van der Waals surface area contributed by atoms with Gasteiger partial charge in [0.25, 0.3) is 0 Å².